The van der Waals surface area contributed by atoms with Gasteiger partial charge in [0.25, 0.3) is 10.1 Å². The topological polar surface area (TPSA) is 197 Å². The van der Waals surface area contributed by atoms with E-state index in [-0.39, 0.29) is 28.6 Å². The van der Waals surface area contributed by atoms with Gasteiger partial charge in [0.15, 0.2) is 5.71 Å². The molecule has 0 amide bonds. The molecule has 0 unspecified atom stereocenters. The quantitative estimate of drug-likeness (QED) is 0.0266. The fourth-order valence-corrected chi connectivity index (χ4v) is 10.0. The molecule has 4 heterocycles. The predicted octanol–water partition coefficient (Wildman–Crippen LogP) is 8.54. The van der Waals surface area contributed by atoms with E-state index in [0.29, 0.717) is 121 Å². The smallest absolute Gasteiger partial charge is 0.333 e. The molecule has 0 fully saturated rings. The third-order valence-electron chi connectivity index (χ3n) is 13.3. The van der Waals surface area contributed by atoms with Gasteiger partial charge < -0.3 is 53.1 Å². The van der Waals surface area contributed by atoms with Crippen molar-refractivity contribution in [3.8, 4) is 17.5 Å². The molecule has 3 aliphatic heterocycles. The van der Waals surface area contributed by atoms with Crippen LogP contribution in [-0.4, -0.2) is 143 Å². The number of hydrogen-bond acceptors (Lipinski definition) is 14. The van der Waals surface area contributed by atoms with Crippen molar-refractivity contribution in [2.24, 2.45) is 0 Å². The van der Waals surface area contributed by atoms with Crippen LogP contribution in [0.3, 0.4) is 0 Å². The summed E-state index contributed by atoms with van der Waals surface area (Å²) in [6.45, 7) is 17.2. The first-order valence-corrected chi connectivity index (χ1v) is 26.9. The Bertz CT molecular complexity index is 2860. The van der Waals surface area contributed by atoms with Crippen molar-refractivity contribution in [1.29, 1.82) is 0 Å². The van der Waals surface area contributed by atoms with Gasteiger partial charge in [-0.25, -0.2) is 4.79 Å². The summed E-state index contributed by atoms with van der Waals surface area (Å²) in [5, 5.41) is 19.7. The molecule has 0 spiro atoms. The first-order chi connectivity index (χ1) is 36.0. The van der Waals surface area contributed by atoms with E-state index < -0.39 is 21.5 Å². The summed E-state index contributed by atoms with van der Waals surface area (Å²) in [7, 11) is -2.83. The molecule has 7 rings (SSSR count). The van der Waals surface area contributed by atoms with E-state index in [9.17, 15) is 28.0 Å². The summed E-state index contributed by atoms with van der Waals surface area (Å²) < 4.78 is 77.6. The van der Waals surface area contributed by atoms with Crippen LogP contribution >= 0.6 is 0 Å². The molecule has 1 aromatic heterocycles. The van der Waals surface area contributed by atoms with Crippen LogP contribution in [0.1, 0.15) is 82.6 Å². The molecule has 3 N–H and O–H groups in total. The number of benzene rings is 3. The zero-order chi connectivity index (χ0) is 53.6. The van der Waals surface area contributed by atoms with Gasteiger partial charge in [-0.3, -0.25) is 4.55 Å². The molecule has 3 aliphatic rings. The molecular formula is C57H72N3O14S+. The Labute approximate surface area is 440 Å². The maximum absolute atomic E-state index is 12.5. The normalized spacial score (nSPS) is 16.2. The van der Waals surface area contributed by atoms with Gasteiger partial charge in [0, 0.05) is 84.8 Å². The van der Waals surface area contributed by atoms with Gasteiger partial charge in [-0.15, -0.1) is 4.73 Å². The Hall–Kier alpha value is -6.09. The fourth-order valence-electron chi connectivity index (χ4n) is 9.51. The van der Waals surface area contributed by atoms with E-state index in [1.165, 1.54) is 24.3 Å². The second-order valence-corrected chi connectivity index (χ2v) is 20.9. The number of nitrogens with zero attached hydrogens (tertiary/aromatic N) is 3. The minimum Gasteiger partial charge on any atom is -0.492 e. The standard InChI is InChI=1S/C57H71N3O14S/c1-41-40-56(2,3)59(24-25-68-28-29-70-32-33-72-35-34-71-31-30-69-27-26-67-6)49-39-51-46(38-45(41)49)43(36-50(73-51)42-14-9-7-10-15-42)16-13-17-52-57(4,5)47-37-44(75(64,65)66)19-20-48(47)58(52)23-12-8-11-18-55(63)74-60-53(61)21-22-54(60)62/h7,9-10,13-17,19-22,36-40H,8,11-12,18,23-35H2,1-6H3,(H2-,61,62,64,65,66)/p+1. The van der Waals surface area contributed by atoms with Crippen LogP contribution in [0, 0.1) is 0 Å². The maximum Gasteiger partial charge on any atom is 0.333 e. The predicted molar refractivity (Wildman–Crippen MR) is 287 cm³/mol. The zero-order valence-electron chi connectivity index (χ0n) is 43.9. The Balaban J connectivity index is 1.05. The van der Waals surface area contributed by atoms with Crippen LogP contribution in [0.15, 0.2) is 108 Å². The number of aromatic nitrogens is 1. The largest absolute Gasteiger partial charge is 0.492 e. The minimum atomic E-state index is -4.47. The summed E-state index contributed by atoms with van der Waals surface area (Å²) >= 11 is 0. The summed E-state index contributed by atoms with van der Waals surface area (Å²) in [5.41, 5.74) is 7.54. The number of allylic oxidation sites excluding steroid dienone is 6. The average Bonchev–Trinajstić information content (AvgIpc) is 3.80. The number of fused-ring (bicyclic) bond motifs is 3. The van der Waals surface area contributed by atoms with Crippen LogP contribution in [0.5, 0.6) is 17.5 Å². The van der Waals surface area contributed by atoms with Crippen LogP contribution in [0.4, 0.5) is 11.4 Å². The molecule has 0 bridgehead atoms. The van der Waals surface area contributed by atoms with E-state index in [4.69, 9.17) is 38.0 Å². The highest BCUT2D eigenvalue weighted by Gasteiger charge is 2.45. The van der Waals surface area contributed by atoms with Gasteiger partial charge in [-0.2, -0.15) is 13.0 Å². The number of ether oxygens (including phenoxy) is 7. The molecule has 3 aromatic carbocycles. The number of unbranched alkanes of at least 4 members (excludes halogenated alkanes) is 2. The van der Waals surface area contributed by atoms with E-state index >= 15 is 0 Å². The molecule has 0 radical (unpaired) electrons. The van der Waals surface area contributed by atoms with Crippen molar-refractivity contribution < 1.29 is 70.5 Å². The van der Waals surface area contributed by atoms with Crippen LogP contribution < -0.4 is 14.5 Å². The molecule has 18 heteroatoms. The highest BCUT2D eigenvalue weighted by Crippen LogP contribution is 2.47. The molecule has 0 saturated heterocycles. The Morgan fingerprint density at radius 2 is 1.39 bits per heavy atom. The van der Waals surface area contributed by atoms with Gasteiger partial charge >= 0.3 is 5.97 Å². The zero-order valence-corrected chi connectivity index (χ0v) is 44.7. The fraction of sp³-hybridized carbons (Fsp3) is 0.439. The van der Waals surface area contributed by atoms with Gasteiger partial charge in [-0.1, -0.05) is 48.6 Å². The average molecular weight is 1060 g/mol. The third-order valence-corrected chi connectivity index (χ3v) is 14.1. The van der Waals surface area contributed by atoms with E-state index in [1.807, 2.05) is 56.3 Å². The van der Waals surface area contributed by atoms with Gasteiger partial charge in [0.2, 0.25) is 17.4 Å². The summed E-state index contributed by atoms with van der Waals surface area (Å²) in [6.07, 6.45) is 12.3. The maximum atomic E-state index is 12.5. The van der Waals surface area contributed by atoms with Crippen molar-refractivity contribution in [3.63, 3.8) is 0 Å². The number of methoxy groups -OCH3 is 1. The second kappa shape index (κ2) is 26.1. The van der Waals surface area contributed by atoms with Gasteiger partial charge in [-0.05, 0) is 82.9 Å². The van der Waals surface area contributed by atoms with Crippen molar-refractivity contribution in [2.45, 2.75) is 76.2 Å². The van der Waals surface area contributed by atoms with Crippen molar-refractivity contribution in [2.75, 3.05) is 97.8 Å². The molecule has 404 valence electrons. The molecule has 75 heavy (non-hydrogen) atoms. The molecule has 17 nitrogen and oxygen atoms in total. The number of hydrogen-bond donors (Lipinski definition) is 3. The van der Waals surface area contributed by atoms with Crippen LogP contribution in [0.25, 0.3) is 16.9 Å². The first kappa shape index (κ1) is 56.6. The number of carbonyl (C=O) groups is 1. The molecule has 0 saturated carbocycles. The van der Waals surface area contributed by atoms with E-state index in [1.54, 1.807) is 13.2 Å². The number of rotatable bonds is 29. The van der Waals surface area contributed by atoms with E-state index in [2.05, 4.69) is 60.6 Å². The van der Waals surface area contributed by atoms with Crippen LogP contribution in [0.2, 0.25) is 0 Å². The van der Waals surface area contributed by atoms with Gasteiger partial charge in [0.1, 0.15) is 18.1 Å². The van der Waals surface area contributed by atoms with Crippen LogP contribution in [-0.2, 0) is 48.7 Å². The first-order valence-electron chi connectivity index (χ1n) is 25.4. The lowest BCUT2D eigenvalue weighted by atomic mass is 9.81. The lowest BCUT2D eigenvalue weighted by Gasteiger charge is -2.44. The number of anilines is 1. The molecule has 0 atom stereocenters. The van der Waals surface area contributed by atoms with Gasteiger partial charge in [0.05, 0.1) is 88.5 Å². The Kier molecular flexibility index (Phi) is 19.7. The number of carbonyl (C=O) groups excluding carboxylic acids is 1. The third kappa shape index (κ3) is 14.6. The SMILES string of the molecule is COCCOCCOCCOCCOCCOCCN1c2cc3c(cc2C(C)=CC1(C)C)C(=CC=CC1=[N+](CCCCCC(=O)On2c(O)ccc2O)c2ccc(S(=O)(=O)O)cc2C1(C)C)C=C(c1ccccc1)O3. The number of aromatic hydroxyl groups is 2. The van der Waals surface area contributed by atoms with Crippen molar-refractivity contribution in [3.05, 3.63) is 125 Å². The highest BCUT2D eigenvalue weighted by molar-refractivity contribution is 7.85. The lowest BCUT2D eigenvalue weighted by molar-refractivity contribution is -0.438. The monoisotopic (exact) mass is 1050 g/mol. The molecular weight excluding hydrogens is 983 g/mol. The molecule has 4 aromatic rings. The summed E-state index contributed by atoms with van der Waals surface area (Å²) in [5.74, 6) is 0.0354. The lowest BCUT2D eigenvalue weighted by Crippen LogP contribution is -2.46. The summed E-state index contributed by atoms with van der Waals surface area (Å²) in [6, 6.07) is 21.4. The summed E-state index contributed by atoms with van der Waals surface area (Å²) in [4.78, 5) is 19.8. The molecule has 0 aliphatic carbocycles. The van der Waals surface area contributed by atoms with Crippen molar-refractivity contribution >= 4 is 50.1 Å². The Morgan fingerprint density at radius 3 is 2.01 bits per heavy atom. The highest BCUT2D eigenvalue weighted by atomic mass is 32.2. The Morgan fingerprint density at radius 1 is 0.760 bits per heavy atom. The van der Waals surface area contributed by atoms with Crippen molar-refractivity contribution in [1.82, 2.24) is 4.73 Å². The second-order valence-electron chi connectivity index (χ2n) is 19.4. The minimum absolute atomic E-state index is 0.0626. The van der Waals surface area contributed by atoms with E-state index in [0.717, 1.165) is 50.5 Å².